The molecule has 14 heavy (non-hydrogen) atoms. The zero-order chi connectivity index (χ0) is 9.71. The van der Waals surface area contributed by atoms with Crippen molar-refractivity contribution >= 4 is 11.0 Å². The number of H-pyrrole nitrogens is 1. The summed E-state index contributed by atoms with van der Waals surface area (Å²) in [4.78, 5) is 11.7. The summed E-state index contributed by atoms with van der Waals surface area (Å²) in [7, 11) is 1.76. The van der Waals surface area contributed by atoms with Crippen molar-refractivity contribution in [2.45, 2.75) is 25.8 Å². The number of fused-ring (bicyclic) bond motifs is 3. The number of nitrogens with one attached hydrogen (secondary N) is 1. The van der Waals surface area contributed by atoms with Crippen LogP contribution in [0.4, 0.5) is 0 Å². The van der Waals surface area contributed by atoms with Crippen molar-refractivity contribution in [3.63, 3.8) is 0 Å². The Balaban J connectivity index is 2.40. The molecular formula is C10H13N3O. The van der Waals surface area contributed by atoms with E-state index in [9.17, 15) is 4.79 Å². The molecule has 1 aliphatic heterocycles. The molecule has 0 radical (unpaired) electrons. The van der Waals surface area contributed by atoms with E-state index in [0.717, 1.165) is 24.0 Å². The largest absolute Gasteiger partial charge is 0.330 e. The molecule has 0 bridgehead atoms. The van der Waals surface area contributed by atoms with Crippen LogP contribution in [0.1, 0.15) is 18.5 Å². The molecule has 3 heterocycles. The van der Waals surface area contributed by atoms with E-state index < -0.39 is 0 Å². The number of aryl methyl sites for hydroxylation is 3. The summed E-state index contributed by atoms with van der Waals surface area (Å²) in [6.45, 7) is 1.04. The van der Waals surface area contributed by atoms with Crippen molar-refractivity contribution < 1.29 is 0 Å². The SMILES string of the molecule is Cn1[nH]c2c(cc3n2CCCC3)c1=O. The topological polar surface area (TPSA) is 42.7 Å². The number of aromatic amines is 1. The van der Waals surface area contributed by atoms with Crippen LogP contribution in [-0.2, 0) is 20.0 Å². The summed E-state index contributed by atoms with van der Waals surface area (Å²) in [5, 5.41) is 3.94. The van der Waals surface area contributed by atoms with Gasteiger partial charge in [0.05, 0.1) is 5.39 Å². The van der Waals surface area contributed by atoms with Gasteiger partial charge in [-0.15, -0.1) is 0 Å². The Labute approximate surface area is 81.1 Å². The second-order valence-corrected chi connectivity index (χ2v) is 3.98. The first-order chi connectivity index (χ1) is 6.77. The summed E-state index contributed by atoms with van der Waals surface area (Å²) in [5.74, 6) is 0. The lowest BCUT2D eigenvalue weighted by atomic mass is 10.1. The molecule has 1 aliphatic rings. The Morgan fingerprint density at radius 3 is 3.14 bits per heavy atom. The first kappa shape index (κ1) is 7.91. The lowest BCUT2D eigenvalue weighted by Gasteiger charge is -2.14. The molecule has 0 unspecified atom stereocenters. The maximum Gasteiger partial charge on any atom is 0.275 e. The number of hydrogen-bond donors (Lipinski definition) is 1. The zero-order valence-corrected chi connectivity index (χ0v) is 8.21. The first-order valence-corrected chi connectivity index (χ1v) is 5.04. The molecule has 3 rings (SSSR count). The molecule has 0 aromatic carbocycles. The van der Waals surface area contributed by atoms with E-state index in [1.807, 2.05) is 6.07 Å². The van der Waals surface area contributed by atoms with Crippen molar-refractivity contribution in [1.29, 1.82) is 0 Å². The summed E-state index contributed by atoms with van der Waals surface area (Å²) >= 11 is 0. The molecule has 2 aromatic rings. The van der Waals surface area contributed by atoms with Gasteiger partial charge in [-0.3, -0.25) is 14.6 Å². The minimum atomic E-state index is 0.0851. The molecule has 0 aliphatic carbocycles. The highest BCUT2D eigenvalue weighted by Gasteiger charge is 2.16. The average Bonchev–Trinajstić information content (AvgIpc) is 2.67. The molecule has 0 atom stereocenters. The molecule has 0 spiro atoms. The highest BCUT2D eigenvalue weighted by Crippen LogP contribution is 2.21. The summed E-state index contributed by atoms with van der Waals surface area (Å²) in [5.41, 5.74) is 2.38. The Bertz CT molecular complexity index is 543. The van der Waals surface area contributed by atoms with Gasteiger partial charge in [0.15, 0.2) is 0 Å². The normalized spacial score (nSPS) is 16.1. The van der Waals surface area contributed by atoms with Crippen LogP contribution in [-0.4, -0.2) is 14.3 Å². The fourth-order valence-corrected chi connectivity index (χ4v) is 2.31. The van der Waals surface area contributed by atoms with Gasteiger partial charge in [0.2, 0.25) is 0 Å². The molecule has 4 nitrogen and oxygen atoms in total. The predicted molar refractivity (Wildman–Crippen MR) is 54.5 cm³/mol. The minimum absolute atomic E-state index is 0.0851. The van der Waals surface area contributed by atoms with E-state index in [2.05, 4.69) is 9.67 Å². The summed E-state index contributed by atoms with van der Waals surface area (Å²) in [6.07, 6.45) is 3.56. The Morgan fingerprint density at radius 2 is 2.29 bits per heavy atom. The highest BCUT2D eigenvalue weighted by molar-refractivity contribution is 5.77. The molecule has 4 heteroatoms. The third-order valence-corrected chi connectivity index (χ3v) is 3.06. The van der Waals surface area contributed by atoms with Crippen molar-refractivity contribution in [2.24, 2.45) is 7.05 Å². The summed E-state index contributed by atoms with van der Waals surface area (Å²) in [6, 6.07) is 2.04. The van der Waals surface area contributed by atoms with Crippen LogP contribution in [0.2, 0.25) is 0 Å². The van der Waals surface area contributed by atoms with Crippen molar-refractivity contribution in [1.82, 2.24) is 14.3 Å². The minimum Gasteiger partial charge on any atom is -0.330 e. The van der Waals surface area contributed by atoms with Gasteiger partial charge < -0.3 is 4.57 Å². The van der Waals surface area contributed by atoms with Crippen molar-refractivity contribution in [3.8, 4) is 0 Å². The van der Waals surface area contributed by atoms with Crippen molar-refractivity contribution in [2.75, 3.05) is 0 Å². The zero-order valence-electron chi connectivity index (χ0n) is 8.21. The van der Waals surface area contributed by atoms with Crippen LogP contribution in [0.5, 0.6) is 0 Å². The average molecular weight is 191 g/mol. The Kier molecular flexibility index (Phi) is 1.43. The lowest BCUT2D eigenvalue weighted by molar-refractivity contribution is 0.538. The maximum absolute atomic E-state index is 11.7. The number of aromatic nitrogens is 3. The number of rotatable bonds is 0. The first-order valence-electron chi connectivity index (χ1n) is 5.04. The maximum atomic E-state index is 11.7. The molecule has 1 N–H and O–H groups in total. The van der Waals surface area contributed by atoms with E-state index in [4.69, 9.17) is 0 Å². The van der Waals surface area contributed by atoms with Crippen LogP contribution < -0.4 is 5.56 Å². The van der Waals surface area contributed by atoms with Crippen LogP contribution in [0.3, 0.4) is 0 Å². The summed E-state index contributed by atoms with van der Waals surface area (Å²) < 4.78 is 3.78. The third-order valence-electron chi connectivity index (χ3n) is 3.06. The van der Waals surface area contributed by atoms with E-state index in [-0.39, 0.29) is 5.56 Å². The lowest BCUT2D eigenvalue weighted by Crippen LogP contribution is -2.13. The van der Waals surface area contributed by atoms with E-state index in [0.29, 0.717) is 0 Å². The van der Waals surface area contributed by atoms with Gasteiger partial charge in [-0.05, 0) is 25.3 Å². The number of hydrogen-bond acceptors (Lipinski definition) is 1. The highest BCUT2D eigenvalue weighted by atomic mass is 16.1. The quantitative estimate of drug-likeness (QED) is 0.663. The van der Waals surface area contributed by atoms with Crippen LogP contribution >= 0.6 is 0 Å². The van der Waals surface area contributed by atoms with Gasteiger partial charge in [0, 0.05) is 19.3 Å². The standard InChI is InChI=1S/C10H13N3O/c1-12-10(14)8-6-7-4-2-3-5-13(7)9(8)11-12/h6,11H,2-5H2,1H3. The van der Waals surface area contributed by atoms with E-state index in [1.165, 1.54) is 18.5 Å². The van der Waals surface area contributed by atoms with E-state index in [1.54, 1.807) is 11.7 Å². The fourth-order valence-electron chi connectivity index (χ4n) is 2.31. The number of nitrogens with zero attached hydrogens (tertiary/aromatic N) is 2. The van der Waals surface area contributed by atoms with E-state index >= 15 is 0 Å². The molecule has 0 saturated carbocycles. The van der Waals surface area contributed by atoms with Crippen LogP contribution in [0.15, 0.2) is 10.9 Å². The van der Waals surface area contributed by atoms with Crippen molar-refractivity contribution in [3.05, 3.63) is 22.1 Å². The van der Waals surface area contributed by atoms with Gasteiger partial charge in [0.1, 0.15) is 5.65 Å². The second-order valence-electron chi connectivity index (χ2n) is 3.98. The second kappa shape index (κ2) is 2.53. The van der Waals surface area contributed by atoms with Gasteiger partial charge in [-0.1, -0.05) is 0 Å². The Hall–Kier alpha value is -1.45. The molecule has 0 amide bonds. The fraction of sp³-hybridized carbons (Fsp3) is 0.500. The van der Waals surface area contributed by atoms with Gasteiger partial charge in [-0.25, -0.2) is 0 Å². The Morgan fingerprint density at radius 1 is 1.43 bits per heavy atom. The van der Waals surface area contributed by atoms with Gasteiger partial charge >= 0.3 is 0 Å². The van der Waals surface area contributed by atoms with Gasteiger partial charge in [0.25, 0.3) is 5.56 Å². The molecule has 2 aromatic heterocycles. The molecule has 0 saturated heterocycles. The van der Waals surface area contributed by atoms with Gasteiger partial charge in [-0.2, -0.15) is 0 Å². The predicted octanol–water partition coefficient (Wildman–Crippen LogP) is 1.00. The van der Waals surface area contributed by atoms with Crippen LogP contribution in [0.25, 0.3) is 11.0 Å². The molecule has 74 valence electrons. The smallest absolute Gasteiger partial charge is 0.275 e. The monoisotopic (exact) mass is 191 g/mol. The van der Waals surface area contributed by atoms with Crippen LogP contribution in [0, 0.1) is 0 Å². The molecule has 0 fully saturated rings. The third kappa shape index (κ3) is 0.855. The molecular weight excluding hydrogens is 178 g/mol.